The lowest BCUT2D eigenvalue weighted by Crippen LogP contribution is -2.48. The smallest absolute Gasteiger partial charge is 0.260 e. The molecular weight excluding hydrogens is 368 g/mol. The van der Waals surface area contributed by atoms with Crippen LogP contribution in [0.3, 0.4) is 0 Å². The number of aliphatic hydroxyl groups excluding tert-OH is 1. The van der Waals surface area contributed by atoms with Crippen molar-refractivity contribution in [2.45, 2.75) is 19.8 Å². The lowest BCUT2D eigenvalue weighted by atomic mass is 9.71. The Labute approximate surface area is 171 Å². The van der Waals surface area contributed by atoms with Gasteiger partial charge in [0.25, 0.3) is 5.91 Å². The summed E-state index contributed by atoms with van der Waals surface area (Å²) >= 11 is 0. The van der Waals surface area contributed by atoms with Gasteiger partial charge in [-0.3, -0.25) is 4.79 Å². The average Bonchev–Trinajstić information content (AvgIpc) is 3.11. The van der Waals surface area contributed by atoms with Crippen LogP contribution >= 0.6 is 0 Å². The summed E-state index contributed by atoms with van der Waals surface area (Å²) in [6, 6.07) is 9.65. The van der Waals surface area contributed by atoms with Gasteiger partial charge in [0.05, 0.1) is 0 Å². The minimum Gasteiger partial charge on any atom is -0.484 e. The summed E-state index contributed by atoms with van der Waals surface area (Å²) in [5, 5.41) is 10.00. The monoisotopic (exact) mass is 396 g/mol. The molecule has 1 aromatic carbocycles. The zero-order valence-electron chi connectivity index (χ0n) is 16.8. The van der Waals surface area contributed by atoms with E-state index in [1.54, 1.807) is 12.5 Å². The summed E-state index contributed by atoms with van der Waals surface area (Å²) in [6.45, 7) is 5.27. The highest BCUT2D eigenvalue weighted by molar-refractivity contribution is 5.77. The van der Waals surface area contributed by atoms with Crippen LogP contribution < -0.4 is 9.64 Å². The summed E-state index contributed by atoms with van der Waals surface area (Å²) in [6.07, 6.45) is 5.08. The molecule has 1 amide bonds. The molecule has 154 valence electrons. The van der Waals surface area contributed by atoms with Gasteiger partial charge in [0.1, 0.15) is 17.9 Å². The van der Waals surface area contributed by atoms with Crippen molar-refractivity contribution in [3.63, 3.8) is 0 Å². The number of aromatic nitrogens is 2. The molecule has 2 aromatic rings. The van der Waals surface area contributed by atoms with E-state index in [1.165, 1.54) is 0 Å². The Balaban J connectivity index is 1.34. The molecule has 7 heteroatoms. The number of anilines is 1. The van der Waals surface area contributed by atoms with Crippen molar-refractivity contribution in [3.05, 3.63) is 48.4 Å². The molecule has 0 aliphatic carbocycles. The third-order valence-electron chi connectivity index (χ3n) is 6.39. The van der Waals surface area contributed by atoms with E-state index in [4.69, 9.17) is 4.74 Å². The maximum absolute atomic E-state index is 12.6. The first-order valence-electron chi connectivity index (χ1n) is 10.2. The number of rotatable bonds is 5. The Bertz CT molecular complexity index is 837. The molecule has 0 saturated carbocycles. The van der Waals surface area contributed by atoms with Crippen LogP contribution in [0.25, 0.3) is 0 Å². The summed E-state index contributed by atoms with van der Waals surface area (Å²) in [4.78, 5) is 25.1. The van der Waals surface area contributed by atoms with E-state index in [-0.39, 0.29) is 30.5 Å². The Hall–Kier alpha value is -2.67. The van der Waals surface area contributed by atoms with Gasteiger partial charge in [0.2, 0.25) is 0 Å². The minimum absolute atomic E-state index is 0.0209. The van der Waals surface area contributed by atoms with Gasteiger partial charge in [-0.2, -0.15) is 0 Å². The van der Waals surface area contributed by atoms with Crippen molar-refractivity contribution in [3.8, 4) is 5.75 Å². The third-order valence-corrected chi connectivity index (χ3v) is 6.39. The van der Waals surface area contributed by atoms with E-state index in [2.05, 4.69) is 14.9 Å². The molecule has 4 rings (SSSR count). The maximum Gasteiger partial charge on any atom is 0.260 e. The lowest BCUT2D eigenvalue weighted by molar-refractivity contribution is -0.136. The van der Waals surface area contributed by atoms with Crippen molar-refractivity contribution < 1.29 is 14.6 Å². The number of carbonyl (C=O) groups excluding carboxylic acids is 1. The normalized spacial score (nSPS) is 20.8. The predicted molar refractivity (Wildman–Crippen MR) is 110 cm³/mol. The van der Waals surface area contributed by atoms with Crippen LogP contribution in [-0.2, 0) is 4.79 Å². The molecule has 3 heterocycles. The molecule has 29 heavy (non-hydrogen) atoms. The molecule has 0 radical (unpaired) electrons. The highest BCUT2D eigenvalue weighted by Gasteiger charge is 2.48. The molecule has 1 aromatic heterocycles. The van der Waals surface area contributed by atoms with Crippen LogP contribution in [-0.4, -0.2) is 65.3 Å². The number of aliphatic hydroxyl groups is 1. The van der Waals surface area contributed by atoms with E-state index >= 15 is 0 Å². The Morgan fingerprint density at radius 3 is 2.83 bits per heavy atom. The van der Waals surface area contributed by atoms with Gasteiger partial charge in [-0.25, -0.2) is 9.97 Å². The minimum atomic E-state index is 0.0209. The number of aryl methyl sites for hydroxylation is 1. The van der Waals surface area contributed by atoms with E-state index < -0.39 is 0 Å². The second kappa shape index (κ2) is 8.37. The van der Waals surface area contributed by atoms with Crippen LogP contribution in [0, 0.1) is 18.3 Å². The standard InChI is InChI=1S/C22H28N4O3/c1-17-3-2-4-19(11-17)29-14-21(28)25-9-6-22(7-10-25)15-26(12-18(22)13-27)20-5-8-23-16-24-20/h2-5,8,11,16,18,27H,6-7,9-10,12-15H2,1H3. The summed E-state index contributed by atoms with van der Waals surface area (Å²) in [5.74, 6) is 1.84. The van der Waals surface area contributed by atoms with Crippen molar-refractivity contribution >= 4 is 11.7 Å². The molecule has 1 atom stereocenters. The number of benzene rings is 1. The summed E-state index contributed by atoms with van der Waals surface area (Å²) < 4.78 is 5.68. The van der Waals surface area contributed by atoms with Crippen molar-refractivity contribution in [2.75, 3.05) is 44.3 Å². The zero-order chi connectivity index (χ0) is 20.3. The third kappa shape index (κ3) is 4.19. The molecule has 2 fully saturated rings. The number of amides is 1. The van der Waals surface area contributed by atoms with Crippen LogP contribution in [0.2, 0.25) is 0 Å². The number of ether oxygens (including phenoxy) is 1. The average molecular weight is 396 g/mol. The van der Waals surface area contributed by atoms with Crippen LogP contribution in [0.5, 0.6) is 5.75 Å². The lowest BCUT2D eigenvalue weighted by Gasteiger charge is -2.42. The quantitative estimate of drug-likeness (QED) is 0.832. The van der Waals surface area contributed by atoms with E-state index in [0.717, 1.165) is 43.1 Å². The molecule has 2 aliphatic rings. The molecule has 1 spiro atoms. The molecular formula is C22H28N4O3. The maximum atomic E-state index is 12.6. The second-order valence-corrected chi connectivity index (χ2v) is 8.18. The highest BCUT2D eigenvalue weighted by Crippen LogP contribution is 2.45. The van der Waals surface area contributed by atoms with Crippen LogP contribution in [0.4, 0.5) is 5.82 Å². The Morgan fingerprint density at radius 1 is 1.31 bits per heavy atom. The SMILES string of the molecule is Cc1cccc(OCC(=O)N2CCC3(CC2)CN(c2ccncn2)CC3CO)c1. The molecule has 1 unspecified atom stereocenters. The Morgan fingerprint density at radius 2 is 2.14 bits per heavy atom. The molecule has 2 aliphatic heterocycles. The first-order valence-corrected chi connectivity index (χ1v) is 10.2. The van der Waals surface area contributed by atoms with E-state index in [0.29, 0.717) is 13.1 Å². The van der Waals surface area contributed by atoms with Gasteiger partial charge in [0, 0.05) is 44.9 Å². The van der Waals surface area contributed by atoms with Crippen molar-refractivity contribution in [2.24, 2.45) is 11.3 Å². The van der Waals surface area contributed by atoms with E-state index in [1.807, 2.05) is 42.2 Å². The second-order valence-electron chi connectivity index (χ2n) is 8.18. The Kier molecular flexibility index (Phi) is 5.67. The van der Waals surface area contributed by atoms with Crippen molar-refractivity contribution in [1.82, 2.24) is 14.9 Å². The van der Waals surface area contributed by atoms with E-state index in [9.17, 15) is 9.90 Å². The first-order chi connectivity index (χ1) is 14.1. The van der Waals surface area contributed by atoms with Gasteiger partial charge < -0.3 is 19.6 Å². The number of hydrogen-bond acceptors (Lipinski definition) is 6. The van der Waals surface area contributed by atoms with Gasteiger partial charge >= 0.3 is 0 Å². The fourth-order valence-corrected chi connectivity index (χ4v) is 4.64. The number of likely N-dealkylation sites (tertiary alicyclic amines) is 1. The predicted octanol–water partition coefficient (Wildman–Crippen LogP) is 1.90. The molecule has 7 nitrogen and oxygen atoms in total. The number of hydrogen-bond donors (Lipinski definition) is 1. The highest BCUT2D eigenvalue weighted by atomic mass is 16.5. The molecule has 0 bridgehead atoms. The van der Waals surface area contributed by atoms with Gasteiger partial charge in [0.15, 0.2) is 6.61 Å². The van der Waals surface area contributed by atoms with Crippen molar-refractivity contribution in [1.29, 1.82) is 0 Å². The fourth-order valence-electron chi connectivity index (χ4n) is 4.64. The molecule has 2 saturated heterocycles. The fraction of sp³-hybridized carbons (Fsp3) is 0.500. The van der Waals surface area contributed by atoms with Crippen LogP contribution in [0.1, 0.15) is 18.4 Å². The first kappa shape index (κ1) is 19.6. The summed E-state index contributed by atoms with van der Waals surface area (Å²) in [7, 11) is 0. The number of piperidine rings is 1. The number of nitrogens with zero attached hydrogens (tertiary/aromatic N) is 4. The zero-order valence-corrected chi connectivity index (χ0v) is 16.8. The largest absolute Gasteiger partial charge is 0.484 e. The molecule has 1 N–H and O–H groups in total. The topological polar surface area (TPSA) is 78.8 Å². The van der Waals surface area contributed by atoms with Gasteiger partial charge in [-0.1, -0.05) is 12.1 Å². The van der Waals surface area contributed by atoms with Gasteiger partial charge in [-0.05, 0) is 48.9 Å². The van der Waals surface area contributed by atoms with Crippen LogP contribution in [0.15, 0.2) is 42.9 Å². The number of carbonyl (C=O) groups is 1. The van der Waals surface area contributed by atoms with Gasteiger partial charge in [-0.15, -0.1) is 0 Å². The summed E-state index contributed by atoms with van der Waals surface area (Å²) in [5.41, 5.74) is 1.13.